The third-order valence-electron chi connectivity index (χ3n) is 9.74. The number of rotatable bonds is 5. The minimum absolute atomic E-state index is 0.300. The number of aromatic nitrogens is 1. The third kappa shape index (κ3) is 4.63. The van der Waals surface area contributed by atoms with Crippen molar-refractivity contribution in [2.24, 2.45) is 0 Å². The molecule has 0 unspecified atom stereocenters. The first-order valence-electron chi connectivity index (χ1n) is 16.7. The molecule has 0 atom stereocenters. The van der Waals surface area contributed by atoms with Gasteiger partial charge in [-0.05, 0) is 12.1 Å². The number of nitrogens with zero attached hydrogens (tertiary/aromatic N) is 2. The molecule has 0 saturated heterocycles. The summed E-state index contributed by atoms with van der Waals surface area (Å²) < 4.78 is 5.35. The fourth-order valence-electron chi connectivity index (χ4n) is 7.50. The number of hydrogen-bond donors (Lipinski definition) is 0. The first-order valence-corrected chi connectivity index (χ1v) is 18.4. The molecule has 0 bridgehead atoms. The maximum atomic E-state index is 2.42. The molecule has 0 spiro atoms. The zero-order valence-electron chi connectivity index (χ0n) is 26.6. The predicted octanol–water partition coefficient (Wildman–Crippen LogP) is 12.4. The van der Waals surface area contributed by atoms with Gasteiger partial charge in [0.1, 0.15) is 0 Å². The van der Waals surface area contributed by atoms with Crippen LogP contribution in [-0.4, -0.2) is 19.1 Å². The van der Waals surface area contributed by atoms with Gasteiger partial charge in [-0.3, -0.25) is 0 Å². The summed E-state index contributed by atoms with van der Waals surface area (Å²) >= 11 is 0.300. The van der Waals surface area contributed by atoms with Crippen LogP contribution in [0.25, 0.3) is 68.7 Å². The average molecular weight is 690 g/mol. The first-order chi connectivity index (χ1) is 24.3. The molecule has 0 aliphatic carbocycles. The quantitative estimate of drug-likeness (QED) is 0.163. The zero-order chi connectivity index (χ0) is 32.3. The van der Waals surface area contributed by atoms with Gasteiger partial charge in [0.2, 0.25) is 0 Å². The van der Waals surface area contributed by atoms with E-state index < -0.39 is 0 Å². The number of anilines is 3. The van der Waals surface area contributed by atoms with Gasteiger partial charge in [-0.1, -0.05) is 30.3 Å². The van der Waals surface area contributed by atoms with Gasteiger partial charge >= 0.3 is 249 Å². The van der Waals surface area contributed by atoms with Crippen molar-refractivity contribution in [3.63, 3.8) is 0 Å². The maximum absolute atomic E-state index is 2.42. The number of para-hydroxylation sites is 2. The zero-order valence-corrected chi connectivity index (χ0v) is 28.3. The topological polar surface area (TPSA) is 8.17 Å². The number of fused-ring (bicyclic) bond motifs is 8. The van der Waals surface area contributed by atoms with E-state index in [1.165, 1.54) is 68.7 Å². The molecule has 0 aliphatic rings. The minimum atomic E-state index is 0.300. The molecule has 0 fully saturated rings. The summed E-state index contributed by atoms with van der Waals surface area (Å²) in [6, 6.07) is 66.6. The van der Waals surface area contributed by atoms with E-state index in [9.17, 15) is 0 Å². The molecule has 49 heavy (non-hydrogen) atoms. The van der Waals surface area contributed by atoms with E-state index >= 15 is 0 Å². The van der Waals surface area contributed by atoms with Gasteiger partial charge in [0.25, 0.3) is 0 Å². The van der Waals surface area contributed by atoms with Gasteiger partial charge in [-0.25, -0.2) is 0 Å². The number of benzene rings is 8. The van der Waals surface area contributed by atoms with Gasteiger partial charge in [-0.15, -0.1) is 0 Å². The standard InChI is InChI=1S/C46H30N2Se/c1-3-12-31(13-4-1)32-14-11-17-35(28-32)47(36-23-26-38-33(29-36)22-25-41-40-19-8-10-21-45(40)49-46(38)41)37-24-27-44-42(30-37)39-18-7-9-20-43(39)48(44)34-15-5-2-6-16-34/h1-30H. The summed E-state index contributed by atoms with van der Waals surface area (Å²) in [5.41, 5.74) is 9.39. The fraction of sp³-hybridized carbons (Fsp3) is 0. The Labute approximate surface area is 290 Å². The molecule has 0 radical (unpaired) electrons. The Bertz CT molecular complexity index is 2830. The second-order valence-corrected chi connectivity index (χ2v) is 14.8. The molecular formula is C46H30N2Se. The van der Waals surface area contributed by atoms with E-state index in [-0.39, 0.29) is 0 Å². The van der Waals surface area contributed by atoms with Crippen molar-refractivity contribution in [2.75, 3.05) is 4.90 Å². The first kappa shape index (κ1) is 28.2. The van der Waals surface area contributed by atoms with Crippen molar-refractivity contribution in [1.29, 1.82) is 0 Å². The molecular weight excluding hydrogens is 659 g/mol. The van der Waals surface area contributed by atoms with Crippen LogP contribution >= 0.6 is 0 Å². The monoisotopic (exact) mass is 690 g/mol. The molecule has 0 saturated carbocycles. The van der Waals surface area contributed by atoms with Crippen molar-refractivity contribution in [3.8, 4) is 16.8 Å². The predicted molar refractivity (Wildman–Crippen MR) is 210 cm³/mol. The van der Waals surface area contributed by atoms with Crippen molar-refractivity contribution in [3.05, 3.63) is 182 Å². The van der Waals surface area contributed by atoms with E-state index in [1.807, 2.05) is 0 Å². The normalized spacial score (nSPS) is 11.7. The van der Waals surface area contributed by atoms with Crippen LogP contribution < -0.4 is 4.90 Å². The second kappa shape index (κ2) is 11.4. The average Bonchev–Trinajstić information content (AvgIpc) is 3.72. The van der Waals surface area contributed by atoms with Gasteiger partial charge < -0.3 is 0 Å². The van der Waals surface area contributed by atoms with Crippen molar-refractivity contribution >= 4 is 83.4 Å². The molecule has 3 heteroatoms. The molecule has 10 rings (SSSR count). The van der Waals surface area contributed by atoms with Crippen LogP contribution in [0.15, 0.2) is 182 Å². The second-order valence-electron chi connectivity index (χ2n) is 12.6. The van der Waals surface area contributed by atoms with Crippen LogP contribution in [0.3, 0.4) is 0 Å². The summed E-state index contributed by atoms with van der Waals surface area (Å²) in [5, 5.41) is 7.90. The Kier molecular flexibility index (Phi) is 6.55. The third-order valence-corrected chi connectivity index (χ3v) is 12.3. The van der Waals surface area contributed by atoms with E-state index in [0.717, 1.165) is 17.1 Å². The molecule has 230 valence electrons. The van der Waals surface area contributed by atoms with Gasteiger partial charge in [0.05, 0.1) is 0 Å². The van der Waals surface area contributed by atoms with Crippen LogP contribution in [-0.2, 0) is 0 Å². The van der Waals surface area contributed by atoms with E-state index in [1.54, 1.807) is 0 Å². The van der Waals surface area contributed by atoms with Gasteiger partial charge in [0.15, 0.2) is 0 Å². The molecule has 2 heterocycles. The van der Waals surface area contributed by atoms with Crippen LogP contribution in [0.5, 0.6) is 0 Å². The summed E-state index contributed by atoms with van der Waals surface area (Å²) in [5.74, 6) is 0. The van der Waals surface area contributed by atoms with Crippen LogP contribution in [0.2, 0.25) is 0 Å². The van der Waals surface area contributed by atoms with E-state index in [4.69, 9.17) is 0 Å². The summed E-state index contributed by atoms with van der Waals surface area (Å²) in [6.07, 6.45) is 0. The van der Waals surface area contributed by atoms with Gasteiger partial charge in [-0.2, -0.15) is 0 Å². The Hall–Kier alpha value is -5.86. The van der Waals surface area contributed by atoms with E-state index in [0.29, 0.717) is 14.5 Å². The van der Waals surface area contributed by atoms with Crippen LogP contribution in [0, 0.1) is 0 Å². The summed E-state index contributed by atoms with van der Waals surface area (Å²) in [7, 11) is 0. The van der Waals surface area contributed by atoms with E-state index in [2.05, 4.69) is 191 Å². The van der Waals surface area contributed by atoms with Crippen LogP contribution in [0.1, 0.15) is 0 Å². The van der Waals surface area contributed by atoms with Crippen LogP contribution in [0.4, 0.5) is 17.1 Å². The van der Waals surface area contributed by atoms with Crippen molar-refractivity contribution < 1.29 is 0 Å². The number of hydrogen-bond acceptors (Lipinski definition) is 1. The summed E-state index contributed by atoms with van der Waals surface area (Å²) in [6.45, 7) is 0. The Balaban J connectivity index is 1.20. The molecule has 0 amide bonds. The van der Waals surface area contributed by atoms with Gasteiger partial charge in [0, 0.05) is 0 Å². The molecule has 8 aromatic carbocycles. The Morgan fingerprint density at radius 1 is 0.388 bits per heavy atom. The molecule has 0 aliphatic heterocycles. The molecule has 2 aromatic heterocycles. The summed E-state index contributed by atoms with van der Waals surface area (Å²) in [4.78, 5) is 2.42. The molecule has 0 N–H and O–H groups in total. The fourth-order valence-corrected chi connectivity index (χ4v) is 10.1. The van der Waals surface area contributed by atoms with Crippen molar-refractivity contribution in [2.45, 2.75) is 0 Å². The molecule has 10 aromatic rings. The van der Waals surface area contributed by atoms with Crippen molar-refractivity contribution in [1.82, 2.24) is 4.57 Å². The Morgan fingerprint density at radius 2 is 1.04 bits per heavy atom. The SMILES string of the molecule is c1ccc(-c2cccc(N(c3ccc4c(ccc5c6ccccc6[se]c45)c3)c3ccc4c(c3)c3ccccc3n4-c3ccccc3)c2)cc1. The molecule has 2 nitrogen and oxygen atoms in total. The Morgan fingerprint density at radius 3 is 1.92 bits per heavy atom.